The Morgan fingerprint density at radius 1 is 1.00 bits per heavy atom. The molecule has 0 fully saturated rings. The number of rotatable bonds is 2. The molecular formula is C22H17ClN2O2S. The second-order valence-corrected chi connectivity index (χ2v) is 8.93. The van der Waals surface area contributed by atoms with Gasteiger partial charge in [-0.1, -0.05) is 41.1 Å². The first-order valence-corrected chi connectivity index (χ1v) is 10.7. The maximum Gasteiger partial charge on any atom is 0.286 e. The molecule has 0 aliphatic carbocycles. The van der Waals surface area contributed by atoms with Gasteiger partial charge in [0.25, 0.3) is 5.91 Å². The Labute approximate surface area is 169 Å². The maximum atomic E-state index is 12.9. The topological polar surface area (TPSA) is 59.4 Å². The summed E-state index contributed by atoms with van der Waals surface area (Å²) < 4.78 is 16.8. The van der Waals surface area contributed by atoms with Crippen LogP contribution in [0.4, 0.5) is 0 Å². The standard InChI is InChI=1S/C22H17ClN2O2S/c1-16-3-11-21(12-4-16)28(2,27)25-22(26)19-13-18(14-24-15-19)6-5-17-7-9-20(23)10-8-17/h3-4,7-15H,1-2H3. The van der Waals surface area contributed by atoms with Gasteiger partial charge in [0.1, 0.15) is 0 Å². The van der Waals surface area contributed by atoms with Crippen LogP contribution in [0.3, 0.4) is 0 Å². The Kier molecular flexibility index (Phi) is 5.93. The van der Waals surface area contributed by atoms with Crippen LogP contribution in [0.15, 0.2) is 76.2 Å². The largest absolute Gasteiger partial charge is 0.286 e. The number of carbonyl (C=O) groups is 1. The monoisotopic (exact) mass is 408 g/mol. The van der Waals surface area contributed by atoms with Crippen molar-refractivity contribution < 1.29 is 9.00 Å². The molecule has 1 atom stereocenters. The number of carbonyl (C=O) groups excluding carboxylic acids is 1. The molecule has 0 radical (unpaired) electrons. The zero-order chi connectivity index (χ0) is 20.1. The van der Waals surface area contributed by atoms with E-state index < -0.39 is 15.6 Å². The Bertz CT molecular complexity index is 1200. The van der Waals surface area contributed by atoms with Crippen LogP contribution in [0.1, 0.15) is 27.0 Å². The second kappa shape index (κ2) is 8.39. The highest BCUT2D eigenvalue weighted by Gasteiger charge is 2.12. The van der Waals surface area contributed by atoms with Crippen LogP contribution in [-0.4, -0.2) is 21.4 Å². The quantitative estimate of drug-likeness (QED) is 0.575. The third-order valence-corrected chi connectivity index (χ3v) is 5.81. The molecule has 0 N–H and O–H groups in total. The maximum absolute atomic E-state index is 12.9. The van der Waals surface area contributed by atoms with Crippen molar-refractivity contribution in [3.05, 3.63) is 94.3 Å². The molecule has 0 saturated carbocycles. The first kappa shape index (κ1) is 19.8. The summed E-state index contributed by atoms with van der Waals surface area (Å²) in [5.41, 5.74) is 2.64. The highest BCUT2D eigenvalue weighted by Crippen LogP contribution is 2.15. The van der Waals surface area contributed by atoms with Gasteiger partial charge < -0.3 is 0 Å². The molecule has 3 aromatic rings. The lowest BCUT2D eigenvalue weighted by atomic mass is 10.2. The molecular weight excluding hydrogens is 392 g/mol. The lowest BCUT2D eigenvalue weighted by molar-refractivity contribution is 0.100. The van der Waals surface area contributed by atoms with Crippen molar-refractivity contribution in [1.82, 2.24) is 4.98 Å². The van der Waals surface area contributed by atoms with Crippen molar-refractivity contribution in [2.45, 2.75) is 11.8 Å². The van der Waals surface area contributed by atoms with Crippen LogP contribution in [0.2, 0.25) is 5.02 Å². The molecule has 1 aromatic heterocycles. The Balaban J connectivity index is 1.87. The molecule has 0 saturated heterocycles. The van der Waals surface area contributed by atoms with E-state index in [2.05, 4.69) is 21.2 Å². The fourth-order valence-electron chi connectivity index (χ4n) is 2.36. The molecule has 1 unspecified atom stereocenters. The molecule has 0 spiro atoms. The van der Waals surface area contributed by atoms with Crippen molar-refractivity contribution in [2.24, 2.45) is 4.36 Å². The van der Waals surface area contributed by atoms with Gasteiger partial charge in [-0.05, 0) is 49.4 Å². The van der Waals surface area contributed by atoms with Crippen LogP contribution < -0.4 is 0 Å². The van der Waals surface area contributed by atoms with Crippen molar-refractivity contribution >= 4 is 27.2 Å². The van der Waals surface area contributed by atoms with E-state index in [4.69, 9.17) is 11.6 Å². The number of nitrogens with zero attached hydrogens (tertiary/aromatic N) is 2. The SMILES string of the molecule is Cc1ccc(S(C)(=O)=NC(=O)c2cncc(C#Cc3ccc(Cl)cc3)c2)cc1. The molecule has 1 heterocycles. The molecule has 3 rings (SSSR count). The molecule has 0 aliphatic heterocycles. The van der Waals surface area contributed by atoms with Crippen LogP contribution in [0.5, 0.6) is 0 Å². The van der Waals surface area contributed by atoms with E-state index in [1.807, 2.05) is 19.1 Å². The minimum absolute atomic E-state index is 0.240. The lowest BCUT2D eigenvalue weighted by Gasteiger charge is -2.04. The summed E-state index contributed by atoms with van der Waals surface area (Å²) in [5.74, 6) is 5.35. The fraction of sp³-hybridized carbons (Fsp3) is 0.0909. The number of hydrogen-bond acceptors (Lipinski definition) is 3. The van der Waals surface area contributed by atoms with Crippen LogP contribution in [0, 0.1) is 18.8 Å². The van der Waals surface area contributed by atoms with Crippen LogP contribution >= 0.6 is 11.6 Å². The van der Waals surface area contributed by atoms with Crippen molar-refractivity contribution in [3.8, 4) is 11.8 Å². The fourth-order valence-corrected chi connectivity index (χ4v) is 3.65. The number of pyridine rings is 1. The van der Waals surface area contributed by atoms with Gasteiger partial charge in [0.05, 0.1) is 15.3 Å². The normalized spacial score (nSPS) is 12.4. The molecule has 4 nitrogen and oxygen atoms in total. The van der Waals surface area contributed by atoms with E-state index in [0.717, 1.165) is 11.1 Å². The molecule has 2 aromatic carbocycles. The van der Waals surface area contributed by atoms with Gasteiger partial charge in [0.15, 0.2) is 0 Å². The highest BCUT2D eigenvalue weighted by atomic mass is 35.5. The molecule has 28 heavy (non-hydrogen) atoms. The summed E-state index contributed by atoms with van der Waals surface area (Å²) in [4.78, 5) is 17.1. The van der Waals surface area contributed by atoms with Gasteiger partial charge in [-0.15, -0.1) is 0 Å². The number of amides is 1. The van der Waals surface area contributed by atoms with E-state index in [9.17, 15) is 9.00 Å². The number of aryl methyl sites for hydroxylation is 1. The third kappa shape index (κ3) is 5.07. The second-order valence-electron chi connectivity index (χ2n) is 6.23. The summed E-state index contributed by atoms with van der Waals surface area (Å²) in [7, 11) is -2.85. The summed E-state index contributed by atoms with van der Waals surface area (Å²) in [5, 5.41) is 0.637. The van der Waals surface area contributed by atoms with E-state index in [0.29, 0.717) is 15.5 Å². The summed E-state index contributed by atoms with van der Waals surface area (Å²) >= 11 is 5.86. The average Bonchev–Trinajstić information content (AvgIpc) is 2.68. The predicted molar refractivity (Wildman–Crippen MR) is 112 cm³/mol. The van der Waals surface area contributed by atoms with Gasteiger partial charge in [0.2, 0.25) is 0 Å². The lowest BCUT2D eigenvalue weighted by Crippen LogP contribution is -2.04. The van der Waals surface area contributed by atoms with E-state index in [-0.39, 0.29) is 5.56 Å². The molecule has 0 aliphatic rings. The van der Waals surface area contributed by atoms with Gasteiger partial charge in [-0.2, -0.15) is 4.36 Å². The van der Waals surface area contributed by atoms with Crippen LogP contribution in [0.25, 0.3) is 0 Å². The number of benzene rings is 2. The average molecular weight is 409 g/mol. The van der Waals surface area contributed by atoms with Gasteiger partial charge in [-0.3, -0.25) is 9.78 Å². The summed E-state index contributed by atoms with van der Waals surface area (Å²) in [6, 6.07) is 15.8. The van der Waals surface area contributed by atoms with E-state index >= 15 is 0 Å². The highest BCUT2D eigenvalue weighted by molar-refractivity contribution is 7.93. The Morgan fingerprint density at radius 3 is 2.32 bits per heavy atom. The minimum Gasteiger partial charge on any atom is -0.266 e. The molecule has 6 heteroatoms. The van der Waals surface area contributed by atoms with Gasteiger partial charge >= 0.3 is 0 Å². The Morgan fingerprint density at radius 2 is 1.64 bits per heavy atom. The molecule has 140 valence electrons. The van der Waals surface area contributed by atoms with E-state index in [1.165, 1.54) is 12.5 Å². The van der Waals surface area contributed by atoms with E-state index in [1.54, 1.807) is 48.7 Å². The zero-order valence-corrected chi connectivity index (χ0v) is 16.9. The van der Waals surface area contributed by atoms with Crippen molar-refractivity contribution in [2.75, 3.05) is 6.26 Å². The smallest absolute Gasteiger partial charge is 0.266 e. The number of hydrogen-bond donors (Lipinski definition) is 0. The van der Waals surface area contributed by atoms with Crippen molar-refractivity contribution in [3.63, 3.8) is 0 Å². The van der Waals surface area contributed by atoms with Gasteiger partial charge in [-0.25, -0.2) is 4.21 Å². The predicted octanol–water partition coefficient (Wildman–Crippen LogP) is 4.74. The minimum atomic E-state index is -2.85. The molecule has 0 bridgehead atoms. The van der Waals surface area contributed by atoms with Crippen LogP contribution in [-0.2, 0) is 9.73 Å². The molecule has 1 amide bonds. The zero-order valence-electron chi connectivity index (χ0n) is 15.3. The van der Waals surface area contributed by atoms with Gasteiger partial charge in [0, 0.05) is 39.7 Å². The Hall–Kier alpha value is -2.94. The first-order chi connectivity index (χ1) is 13.3. The number of halogens is 1. The first-order valence-electron chi connectivity index (χ1n) is 8.39. The number of aromatic nitrogens is 1. The summed E-state index contributed by atoms with van der Waals surface area (Å²) in [6.45, 7) is 1.94. The summed E-state index contributed by atoms with van der Waals surface area (Å²) in [6.07, 6.45) is 4.40. The third-order valence-electron chi connectivity index (χ3n) is 3.90. The van der Waals surface area contributed by atoms with Crippen molar-refractivity contribution in [1.29, 1.82) is 0 Å².